The number of H-pyrrole nitrogens is 1. The summed E-state index contributed by atoms with van der Waals surface area (Å²) >= 11 is 0. The fraction of sp³-hybridized carbons (Fsp3) is 0.538. The van der Waals surface area contributed by atoms with Crippen molar-refractivity contribution in [2.45, 2.75) is 63.5 Å². The molecular formula is C26H31F2N7O2. The van der Waals surface area contributed by atoms with Crippen LogP contribution in [0.25, 0.3) is 33.4 Å². The van der Waals surface area contributed by atoms with Gasteiger partial charge in [-0.05, 0) is 50.3 Å². The van der Waals surface area contributed by atoms with Gasteiger partial charge in [-0.1, -0.05) is 12.8 Å². The molecule has 4 heterocycles. The molecule has 11 heteroatoms. The molecule has 196 valence electrons. The number of aromatic amines is 1. The van der Waals surface area contributed by atoms with E-state index in [1.807, 2.05) is 12.1 Å². The molecule has 6 rings (SSSR count). The second-order valence-electron chi connectivity index (χ2n) is 9.94. The number of ether oxygens (including phenoxy) is 1. The molecule has 0 bridgehead atoms. The normalized spacial score (nSPS) is 22.2. The van der Waals surface area contributed by atoms with Crippen LogP contribution in [0.1, 0.15) is 57.3 Å². The fourth-order valence-corrected chi connectivity index (χ4v) is 5.71. The largest absolute Gasteiger partial charge is 0.415 e. The van der Waals surface area contributed by atoms with Gasteiger partial charge in [0.05, 0.1) is 18.6 Å². The number of fused-ring (bicyclic) bond motifs is 3. The summed E-state index contributed by atoms with van der Waals surface area (Å²) in [5.74, 6) is 0.154. The summed E-state index contributed by atoms with van der Waals surface area (Å²) in [6.07, 6.45) is 6.95. The van der Waals surface area contributed by atoms with E-state index in [-0.39, 0.29) is 5.89 Å². The molecule has 1 saturated heterocycles. The summed E-state index contributed by atoms with van der Waals surface area (Å²) in [6.45, 7) is 3.77. The standard InChI is InChI=1S/C26H31F2N7O2/c27-22(28)26-34-33-25(37-26)16-8-9-20-19(14-16)21-23(29-15-30-24(21)32-20)31-17-4-1-2-6-18(7-3-5-17)35-10-12-36-13-11-35/h8-9,14-15,17-18,22H,1-7,10-13H2,(H2,29,30,31,32). The lowest BCUT2D eigenvalue weighted by Gasteiger charge is -2.34. The molecule has 0 radical (unpaired) electrons. The molecular weight excluding hydrogens is 480 g/mol. The average molecular weight is 512 g/mol. The molecule has 37 heavy (non-hydrogen) atoms. The Morgan fingerprint density at radius 1 is 1.00 bits per heavy atom. The van der Waals surface area contributed by atoms with Crippen LogP contribution < -0.4 is 5.32 Å². The maximum Gasteiger partial charge on any atom is 0.314 e. The van der Waals surface area contributed by atoms with Gasteiger partial charge in [-0.3, -0.25) is 4.90 Å². The average Bonchev–Trinajstić information content (AvgIpc) is 3.57. The van der Waals surface area contributed by atoms with E-state index in [0.717, 1.165) is 73.3 Å². The third-order valence-electron chi connectivity index (χ3n) is 7.60. The van der Waals surface area contributed by atoms with Gasteiger partial charge in [0.1, 0.15) is 17.8 Å². The zero-order chi connectivity index (χ0) is 25.2. The van der Waals surface area contributed by atoms with Crippen LogP contribution in [0.4, 0.5) is 14.6 Å². The Hall–Kier alpha value is -3.18. The molecule has 2 fully saturated rings. The number of hydrogen-bond acceptors (Lipinski definition) is 8. The molecule has 1 aliphatic carbocycles. The number of benzene rings is 1. The SMILES string of the molecule is FC(F)c1nnc(-c2ccc3[nH]c4ncnc(NC5CCCCC(N6CCOCC6)CCC5)c4c3c2)o1. The topological polar surface area (TPSA) is 105 Å². The molecule has 2 atom stereocenters. The lowest BCUT2D eigenvalue weighted by molar-refractivity contribution is 0.0122. The van der Waals surface area contributed by atoms with Gasteiger partial charge in [0.25, 0.3) is 5.89 Å². The lowest BCUT2D eigenvalue weighted by atomic mass is 10.0. The van der Waals surface area contributed by atoms with Gasteiger partial charge < -0.3 is 19.5 Å². The van der Waals surface area contributed by atoms with Crippen LogP contribution in [0.3, 0.4) is 0 Å². The van der Waals surface area contributed by atoms with Crippen LogP contribution in [-0.4, -0.2) is 68.4 Å². The predicted molar refractivity (Wildman–Crippen MR) is 136 cm³/mol. The minimum atomic E-state index is -2.81. The second kappa shape index (κ2) is 10.7. The maximum absolute atomic E-state index is 12.9. The molecule has 9 nitrogen and oxygen atoms in total. The Balaban J connectivity index is 1.24. The van der Waals surface area contributed by atoms with E-state index in [9.17, 15) is 8.78 Å². The van der Waals surface area contributed by atoms with Gasteiger partial charge in [0, 0.05) is 41.6 Å². The minimum absolute atomic E-state index is 0.0593. The number of aromatic nitrogens is 5. The first-order valence-corrected chi connectivity index (χ1v) is 13.1. The highest BCUT2D eigenvalue weighted by Crippen LogP contribution is 2.34. The third kappa shape index (κ3) is 5.15. The van der Waals surface area contributed by atoms with Crippen molar-refractivity contribution in [1.29, 1.82) is 0 Å². The van der Waals surface area contributed by atoms with Crippen molar-refractivity contribution >= 4 is 27.8 Å². The van der Waals surface area contributed by atoms with Crippen molar-refractivity contribution in [3.05, 3.63) is 30.4 Å². The first-order valence-electron chi connectivity index (χ1n) is 13.1. The van der Waals surface area contributed by atoms with Gasteiger partial charge in [0.2, 0.25) is 5.89 Å². The van der Waals surface area contributed by atoms with Crippen LogP contribution in [0.5, 0.6) is 0 Å². The lowest BCUT2D eigenvalue weighted by Crippen LogP contribution is -2.43. The Kier molecular flexibility index (Phi) is 6.97. The Labute approximate surface area is 213 Å². The number of hydrogen-bond donors (Lipinski definition) is 2. The van der Waals surface area contributed by atoms with E-state index in [4.69, 9.17) is 9.15 Å². The molecule has 0 spiro atoms. The van der Waals surface area contributed by atoms with Crippen molar-refractivity contribution in [2.24, 2.45) is 0 Å². The van der Waals surface area contributed by atoms with E-state index in [1.165, 1.54) is 25.7 Å². The van der Waals surface area contributed by atoms with Gasteiger partial charge >= 0.3 is 6.43 Å². The Bertz CT molecular complexity index is 1350. The molecule has 2 N–H and O–H groups in total. The molecule has 1 aromatic carbocycles. The number of morpholine rings is 1. The number of nitrogens with zero attached hydrogens (tertiary/aromatic N) is 5. The summed E-state index contributed by atoms with van der Waals surface area (Å²) < 4.78 is 36.6. The summed E-state index contributed by atoms with van der Waals surface area (Å²) in [5.41, 5.74) is 2.16. The number of halogens is 2. The van der Waals surface area contributed by atoms with Crippen LogP contribution >= 0.6 is 0 Å². The molecule has 0 amide bonds. The van der Waals surface area contributed by atoms with Crippen LogP contribution in [-0.2, 0) is 4.74 Å². The highest BCUT2D eigenvalue weighted by atomic mass is 19.3. The highest BCUT2D eigenvalue weighted by Gasteiger charge is 2.24. The van der Waals surface area contributed by atoms with Crippen LogP contribution in [0, 0.1) is 0 Å². The van der Waals surface area contributed by atoms with Crippen molar-refractivity contribution < 1.29 is 17.9 Å². The van der Waals surface area contributed by atoms with Crippen molar-refractivity contribution in [3.63, 3.8) is 0 Å². The number of nitrogens with one attached hydrogen (secondary N) is 2. The monoisotopic (exact) mass is 511 g/mol. The number of rotatable bonds is 5. The summed E-state index contributed by atoms with van der Waals surface area (Å²) in [5, 5.41) is 12.7. The predicted octanol–water partition coefficient (Wildman–Crippen LogP) is 5.32. The van der Waals surface area contributed by atoms with Crippen molar-refractivity contribution in [3.8, 4) is 11.5 Å². The van der Waals surface area contributed by atoms with Gasteiger partial charge in [0.15, 0.2) is 0 Å². The van der Waals surface area contributed by atoms with Gasteiger partial charge in [-0.25, -0.2) is 9.97 Å². The van der Waals surface area contributed by atoms with E-state index >= 15 is 0 Å². The number of anilines is 1. The summed E-state index contributed by atoms with van der Waals surface area (Å²) in [7, 11) is 0. The quantitative estimate of drug-likeness (QED) is 0.371. The molecule has 4 aromatic rings. The van der Waals surface area contributed by atoms with E-state index in [1.54, 1.807) is 12.4 Å². The zero-order valence-corrected chi connectivity index (χ0v) is 20.6. The third-order valence-corrected chi connectivity index (χ3v) is 7.60. The molecule has 1 aliphatic heterocycles. The first-order chi connectivity index (χ1) is 18.2. The Morgan fingerprint density at radius 3 is 2.65 bits per heavy atom. The number of alkyl halides is 2. The summed E-state index contributed by atoms with van der Waals surface area (Å²) in [4.78, 5) is 15.0. The van der Waals surface area contributed by atoms with Crippen molar-refractivity contribution in [1.82, 2.24) is 30.0 Å². The minimum Gasteiger partial charge on any atom is -0.415 e. The molecule has 2 unspecified atom stereocenters. The highest BCUT2D eigenvalue weighted by molar-refractivity contribution is 6.12. The van der Waals surface area contributed by atoms with E-state index in [2.05, 4.69) is 35.4 Å². The Morgan fingerprint density at radius 2 is 1.81 bits per heavy atom. The van der Waals surface area contributed by atoms with Gasteiger partial charge in [-0.2, -0.15) is 8.78 Å². The van der Waals surface area contributed by atoms with Gasteiger partial charge in [-0.15, -0.1) is 10.2 Å². The van der Waals surface area contributed by atoms with Crippen LogP contribution in [0.15, 0.2) is 28.9 Å². The first kappa shape index (κ1) is 24.2. The zero-order valence-electron chi connectivity index (χ0n) is 20.6. The maximum atomic E-state index is 12.9. The smallest absolute Gasteiger partial charge is 0.314 e. The van der Waals surface area contributed by atoms with Crippen LogP contribution in [0.2, 0.25) is 0 Å². The molecule has 3 aromatic heterocycles. The van der Waals surface area contributed by atoms with E-state index in [0.29, 0.717) is 17.6 Å². The molecule has 2 aliphatic rings. The van der Waals surface area contributed by atoms with E-state index < -0.39 is 12.3 Å². The second-order valence-corrected chi connectivity index (χ2v) is 9.94. The fourth-order valence-electron chi connectivity index (χ4n) is 5.71. The summed E-state index contributed by atoms with van der Waals surface area (Å²) in [6, 6.07) is 6.47. The molecule has 1 saturated carbocycles. The van der Waals surface area contributed by atoms with Crippen molar-refractivity contribution in [2.75, 3.05) is 31.6 Å².